The van der Waals surface area contributed by atoms with Crippen LogP contribution in [0.15, 0.2) is 60.7 Å². The highest BCUT2D eigenvalue weighted by Gasteiger charge is 2.11. The van der Waals surface area contributed by atoms with Crippen LogP contribution in [0.1, 0.15) is 0 Å². The van der Waals surface area contributed by atoms with E-state index in [9.17, 15) is 4.79 Å². The van der Waals surface area contributed by atoms with Gasteiger partial charge in [0.25, 0.3) is 0 Å². The van der Waals surface area contributed by atoms with Crippen LogP contribution in [0.4, 0.5) is 4.79 Å². The van der Waals surface area contributed by atoms with Gasteiger partial charge in [0.15, 0.2) is 0 Å². The minimum absolute atomic E-state index is 0.349. The van der Waals surface area contributed by atoms with Crippen molar-refractivity contribution in [3.05, 3.63) is 60.7 Å². The van der Waals surface area contributed by atoms with Crippen LogP contribution in [-0.2, 0) is 0 Å². The van der Waals surface area contributed by atoms with Crippen molar-refractivity contribution < 1.29 is 14.3 Å². The fraction of sp³-hybridized carbons (Fsp3) is 0. The number of carbonyl (C=O) groups is 1. The summed E-state index contributed by atoms with van der Waals surface area (Å²) in [4.78, 5) is 17.9. The molecule has 0 saturated heterocycles. The summed E-state index contributed by atoms with van der Waals surface area (Å²) in [5.74, 6) is 0.699. The summed E-state index contributed by atoms with van der Waals surface area (Å²) in [6.07, 6.45) is -0.793. The third-order valence-electron chi connectivity index (χ3n) is 3.40. The first kappa shape index (κ1) is 12.5. The molecule has 0 fully saturated rings. The standard InChI is InChI=1S/C17H12N2O3/c20-17(21-15-9-11-5-1-3-7-13(11)18-15)22-16-10-12-6-2-4-8-14(12)19-16/h1-10,18-19H. The van der Waals surface area contributed by atoms with Crippen molar-refractivity contribution >= 4 is 28.0 Å². The highest BCUT2D eigenvalue weighted by Crippen LogP contribution is 2.22. The van der Waals surface area contributed by atoms with Crippen LogP contribution < -0.4 is 9.47 Å². The number of hydrogen-bond donors (Lipinski definition) is 2. The van der Waals surface area contributed by atoms with Gasteiger partial charge >= 0.3 is 6.16 Å². The van der Waals surface area contributed by atoms with Crippen molar-refractivity contribution in [3.8, 4) is 11.8 Å². The summed E-state index contributed by atoms with van der Waals surface area (Å²) < 4.78 is 10.3. The Morgan fingerprint density at radius 3 is 1.64 bits per heavy atom. The molecule has 0 aliphatic heterocycles. The van der Waals surface area contributed by atoms with Crippen LogP contribution in [0.3, 0.4) is 0 Å². The quantitative estimate of drug-likeness (QED) is 0.543. The van der Waals surface area contributed by atoms with Gasteiger partial charge in [-0.3, -0.25) is 0 Å². The predicted octanol–water partition coefficient (Wildman–Crippen LogP) is 4.23. The Labute approximate surface area is 125 Å². The van der Waals surface area contributed by atoms with Crippen molar-refractivity contribution in [2.75, 3.05) is 0 Å². The first-order chi connectivity index (χ1) is 10.8. The largest absolute Gasteiger partial charge is 0.521 e. The summed E-state index contributed by atoms with van der Waals surface area (Å²) in [6, 6.07) is 18.8. The fourth-order valence-corrected chi connectivity index (χ4v) is 2.40. The summed E-state index contributed by atoms with van der Waals surface area (Å²) >= 11 is 0. The van der Waals surface area contributed by atoms with Gasteiger partial charge < -0.3 is 19.4 Å². The number of ether oxygens (including phenoxy) is 2. The van der Waals surface area contributed by atoms with E-state index in [1.807, 2.05) is 48.5 Å². The van der Waals surface area contributed by atoms with Gasteiger partial charge in [-0.15, -0.1) is 0 Å². The number of fused-ring (bicyclic) bond motifs is 2. The molecule has 0 atom stereocenters. The smallest absolute Gasteiger partial charge is 0.378 e. The number of carbonyl (C=O) groups excluding carboxylic acids is 1. The van der Waals surface area contributed by atoms with Crippen LogP contribution in [0.2, 0.25) is 0 Å². The number of aromatic amines is 2. The Morgan fingerprint density at radius 1 is 0.727 bits per heavy atom. The minimum atomic E-state index is -0.793. The van der Waals surface area contributed by atoms with Crippen LogP contribution in [0.5, 0.6) is 11.8 Å². The average molecular weight is 292 g/mol. The normalized spacial score (nSPS) is 10.9. The molecule has 0 spiro atoms. The molecule has 0 amide bonds. The van der Waals surface area contributed by atoms with Gasteiger partial charge in [0.2, 0.25) is 11.8 Å². The lowest BCUT2D eigenvalue weighted by molar-refractivity contribution is 0.149. The highest BCUT2D eigenvalue weighted by molar-refractivity contribution is 5.83. The van der Waals surface area contributed by atoms with Crippen molar-refractivity contribution in [2.45, 2.75) is 0 Å². The Morgan fingerprint density at radius 2 is 1.18 bits per heavy atom. The topological polar surface area (TPSA) is 67.1 Å². The van der Waals surface area contributed by atoms with Crippen molar-refractivity contribution in [2.24, 2.45) is 0 Å². The molecule has 0 bridgehead atoms. The Kier molecular flexibility index (Phi) is 2.83. The molecule has 4 aromatic rings. The molecule has 0 aliphatic rings. The molecule has 4 rings (SSSR count). The number of rotatable bonds is 2. The second kappa shape index (κ2) is 4.96. The van der Waals surface area contributed by atoms with E-state index in [1.165, 1.54) is 0 Å². The fourth-order valence-electron chi connectivity index (χ4n) is 2.40. The van der Waals surface area contributed by atoms with Crippen molar-refractivity contribution in [1.82, 2.24) is 9.97 Å². The first-order valence-corrected chi connectivity index (χ1v) is 6.83. The van der Waals surface area contributed by atoms with Gasteiger partial charge in [-0.2, -0.15) is 0 Å². The number of aromatic nitrogens is 2. The molecule has 0 radical (unpaired) electrons. The summed E-state index contributed by atoms with van der Waals surface area (Å²) in [6.45, 7) is 0. The number of nitrogens with one attached hydrogen (secondary N) is 2. The van der Waals surface area contributed by atoms with Gasteiger partial charge in [0, 0.05) is 33.9 Å². The SMILES string of the molecule is O=C(Oc1cc2ccccc2[nH]1)Oc1cc2ccccc2[nH]1. The molecule has 2 N–H and O–H groups in total. The lowest BCUT2D eigenvalue weighted by Crippen LogP contribution is -2.14. The maximum absolute atomic E-state index is 11.9. The van der Waals surface area contributed by atoms with Crippen molar-refractivity contribution in [3.63, 3.8) is 0 Å². The molecular formula is C17H12N2O3. The van der Waals surface area contributed by atoms with Crippen LogP contribution in [0.25, 0.3) is 21.8 Å². The molecule has 5 heteroatoms. The lowest BCUT2D eigenvalue weighted by atomic mass is 10.3. The molecule has 108 valence electrons. The lowest BCUT2D eigenvalue weighted by Gasteiger charge is -2.00. The molecular weight excluding hydrogens is 280 g/mol. The Hall–Kier alpha value is -3.21. The second-order valence-corrected chi connectivity index (χ2v) is 4.90. The van der Waals surface area contributed by atoms with E-state index >= 15 is 0 Å². The third-order valence-corrected chi connectivity index (χ3v) is 3.40. The Bertz CT molecular complexity index is 824. The maximum atomic E-state index is 11.9. The van der Waals surface area contributed by atoms with Crippen LogP contribution >= 0.6 is 0 Å². The highest BCUT2D eigenvalue weighted by atomic mass is 16.7. The van der Waals surface area contributed by atoms with Crippen LogP contribution in [-0.4, -0.2) is 16.1 Å². The number of para-hydroxylation sites is 2. The predicted molar refractivity (Wildman–Crippen MR) is 83.2 cm³/mol. The molecule has 0 unspecified atom stereocenters. The Balaban J connectivity index is 1.52. The summed E-state index contributed by atoms with van der Waals surface area (Å²) in [5.41, 5.74) is 1.80. The van der Waals surface area contributed by atoms with Gasteiger partial charge in [-0.1, -0.05) is 36.4 Å². The average Bonchev–Trinajstić information content (AvgIpc) is 3.08. The van der Waals surface area contributed by atoms with E-state index in [4.69, 9.17) is 9.47 Å². The summed E-state index contributed by atoms with van der Waals surface area (Å²) in [5, 5.41) is 1.94. The molecule has 2 aromatic heterocycles. The van der Waals surface area contributed by atoms with Gasteiger partial charge in [-0.05, 0) is 12.1 Å². The maximum Gasteiger partial charge on any atom is 0.521 e. The summed E-state index contributed by atoms with van der Waals surface area (Å²) in [7, 11) is 0. The third kappa shape index (κ3) is 2.29. The molecule has 22 heavy (non-hydrogen) atoms. The molecule has 5 nitrogen and oxygen atoms in total. The van der Waals surface area contributed by atoms with E-state index in [0.717, 1.165) is 21.8 Å². The number of H-pyrrole nitrogens is 2. The molecule has 2 aromatic carbocycles. The molecule has 0 saturated carbocycles. The van der Waals surface area contributed by atoms with E-state index in [0.29, 0.717) is 11.8 Å². The molecule has 2 heterocycles. The molecule has 0 aliphatic carbocycles. The zero-order valence-electron chi connectivity index (χ0n) is 11.5. The van der Waals surface area contributed by atoms with Gasteiger partial charge in [0.1, 0.15) is 0 Å². The number of benzene rings is 2. The zero-order valence-corrected chi connectivity index (χ0v) is 11.5. The number of hydrogen-bond acceptors (Lipinski definition) is 3. The van der Waals surface area contributed by atoms with Crippen LogP contribution in [0, 0.1) is 0 Å². The first-order valence-electron chi connectivity index (χ1n) is 6.83. The second-order valence-electron chi connectivity index (χ2n) is 4.90. The monoisotopic (exact) mass is 292 g/mol. The zero-order chi connectivity index (χ0) is 14.9. The van der Waals surface area contributed by atoms with Crippen molar-refractivity contribution in [1.29, 1.82) is 0 Å². The van der Waals surface area contributed by atoms with E-state index < -0.39 is 6.16 Å². The van der Waals surface area contributed by atoms with E-state index in [1.54, 1.807) is 12.1 Å². The minimum Gasteiger partial charge on any atom is -0.378 e. The van der Waals surface area contributed by atoms with Gasteiger partial charge in [0.05, 0.1) is 0 Å². The van der Waals surface area contributed by atoms with E-state index in [-0.39, 0.29) is 0 Å². The van der Waals surface area contributed by atoms with E-state index in [2.05, 4.69) is 9.97 Å². The van der Waals surface area contributed by atoms with Gasteiger partial charge in [-0.25, -0.2) is 4.79 Å².